The van der Waals surface area contributed by atoms with Crippen LogP contribution in [-0.2, 0) is 17.9 Å². The van der Waals surface area contributed by atoms with Gasteiger partial charge in [0.2, 0.25) is 5.91 Å². The van der Waals surface area contributed by atoms with Gasteiger partial charge >= 0.3 is 0 Å². The number of nitrogens with zero attached hydrogens (tertiary/aromatic N) is 4. The lowest BCUT2D eigenvalue weighted by Crippen LogP contribution is -2.26. The molecule has 0 saturated carbocycles. The third kappa shape index (κ3) is 4.44. The van der Waals surface area contributed by atoms with E-state index in [4.69, 9.17) is 0 Å². The van der Waals surface area contributed by atoms with Crippen LogP contribution in [-0.4, -0.2) is 32.0 Å². The van der Waals surface area contributed by atoms with Gasteiger partial charge in [-0.05, 0) is 39.3 Å². The molecule has 0 aliphatic heterocycles. The van der Waals surface area contributed by atoms with Gasteiger partial charge in [0.15, 0.2) is 0 Å². The lowest BCUT2D eigenvalue weighted by molar-refractivity contribution is -0.121. The number of aromatic nitrogens is 4. The molecule has 6 nitrogen and oxygen atoms in total. The van der Waals surface area contributed by atoms with Crippen molar-refractivity contribution >= 4 is 5.91 Å². The van der Waals surface area contributed by atoms with E-state index in [0.29, 0.717) is 19.5 Å². The third-order valence-electron chi connectivity index (χ3n) is 3.45. The molecule has 0 bridgehead atoms. The first kappa shape index (κ1) is 15.3. The zero-order valence-corrected chi connectivity index (χ0v) is 13.0. The number of carbonyl (C=O) groups excluding carboxylic acids is 1. The minimum Gasteiger partial charge on any atom is -0.356 e. The topological polar surface area (TPSA) is 64.7 Å². The van der Waals surface area contributed by atoms with Gasteiger partial charge in [-0.3, -0.25) is 14.2 Å². The molecule has 0 radical (unpaired) electrons. The van der Waals surface area contributed by atoms with E-state index in [1.165, 1.54) is 0 Å². The van der Waals surface area contributed by atoms with E-state index in [1.54, 1.807) is 6.20 Å². The van der Waals surface area contributed by atoms with Crippen LogP contribution >= 0.6 is 0 Å². The fourth-order valence-corrected chi connectivity index (χ4v) is 2.29. The minimum atomic E-state index is 0.0678. The normalized spacial score (nSPS) is 10.8. The zero-order valence-electron chi connectivity index (χ0n) is 13.0. The molecule has 2 aromatic rings. The summed E-state index contributed by atoms with van der Waals surface area (Å²) in [6, 6.07) is 4.00. The highest BCUT2D eigenvalue weighted by molar-refractivity contribution is 5.75. The molecule has 2 aromatic heterocycles. The van der Waals surface area contributed by atoms with Crippen molar-refractivity contribution in [1.82, 2.24) is 24.9 Å². The lowest BCUT2D eigenvalue weighted by atomic mass is 10.3. The molecular weight excluding hydrogens is 266 g/mol. The van der Waals surface area contributed by atoms with Crippen LogP contribution in [0.15, 0.2) is 18.3 Å². The van der Waals surface area contributed by atoms with E-state index in [0.717, 1.165) is 30.0 Å². The highest BCUT2D eigenvalue weighted by Crippen LogP contribution is 2.02. The van der Waals surface area contributed by atoms with Crippen LogP contribution in [0.2, 0.25) is 0 Å². The molecule has 2 rings (SSSR count). The highest BCUT2D eigenvalue weighted by Gasteiger charge is 2.04. The molecule has 0 aromatic carbocycles. The van der Waals surface area contributed by atoms with Crippen molar-refractivity contribution in [3.05, 3.63) is 35.4 Å². The quantitative estimate of drug-likeness (QED) is 0.787. The Bertz CT molecular complexity index is 599. The first-order valence-electron chi connectivity index (χ1n) is 7.32. The Morgan fingerprint density at radius 3 is 2.62 bits per heavy atom. The summed E-state index contributed by atoms with van der Waals surface area (Å²) < 4.78 is 3.82. The Morgan fingerprint density at radius 1 is 1.19 bits per heavy atom. The van der Waals surface area contributed by atoms with E-state index >= 15 is 0 Å². The number of amides is 1. The molecule has 2 heterocycles. The van der Waals surface area contributed by atoms with Gasteiger partial charge in [0.1, 0.15) is 0 Å². The van der Waals surface area contributed by atoms with Crippen molar-refractivity contribution in [3.8, 4) is 0 Å². The molecule has 0 atom stereocenters. The van der Waals surface area contributed by atoms with Crippen LogP contribution in [0.4, 0.5) is 0 Å². The molecule has 0 fully saturated rings. The van der Waals surface area contributed by atoms with Crippen LogP contribution in [0, 0.1) is 20.8 Å². The second-order valence-electron chi connectivity index (χ2n) is 5.30. The molecule has 0 unspecified atom stereocenters. The SMILES string of the molecule is Cc1cc(C)n(CCCNC(=O)CCn2nccc2C)n1. The smallest absolute Gasteiger partial charge is 0.221 e. The number of carbonyl (C=O) groups is 1. The monoisotopic (exact) mass is 289 g/mol. The van der Waals surface area contributed by atoms with Crippen LogP contribution in [0.5, 0.6) is 0 Å². The van der Waals surface area contributed by atoms with E-state index in [1.807, 2.05) is 36.2 Å². The lowest BCUT2D eigenvalue weighted by Gasteiger charge is -2.07. The number of nitrogens with one attached hydrogen (secondary N) is 1. The fraction of sp³-hybridized carbons (Fsp3) is 0.533. The summed E-state index contributed by atoms with van der Waals surface area (Å²) >= 11 is 0. The largest absolute Gasteiger partial charge is 0.356 e. The van der Waals surface area contributed by atoms with E-state index in [9.17, 15) is 4.79 Å². The predicted octanol–water partition coefficient (Wildman–Crippen LogP) is 1.60. The second kappa shape index (κ2) is 7.06. The van der Waals surface area contributed by atoms with Crippen LogP contribution in [0.3, 0.4) is 0 Å². The summed E-state index contributed by atoms with van der Waals surface area (Å²) in [5.41, 5.74) is 3.27. The number of hydrogen-bond donors (Lipinski definition) is 1. The zero-order chi connectivity index (χ0) is 15.2. The molecule has 0 saturated heterocycles. The van der Waals surface area contributed by atoms with Gasteiger partial charge in [0.25, 0.3) is 0 Å². The summed E-state index contributed by atoms with van der Waals surface area (Å²) in [7, 11) is 0. The number of hydrogen-bond acceptors (Lipinski definition) is 3. The third-order valence-corrected chi connectivity index (χ3v) is 3.45. The van der Waals surface area contributed by atoms with Crippen molar-refractivity contribution in [3.63, 3.8) is 0 Å². The van der Waals surface area contributed by atoms with Crippen molar-refractivity contribution in [2.75, 3.05) is 6.54 Å². The van der Waals surface area contributed by atoms with Gasteiger partial charge in [-0.25, -0.2) is 0 Å². The van der Waals surface area contributed by atoms with Gasteiger partial charge in [0.05, 0.1) is 5.69 Å². The summed E-state index contributed by atoms with van der Waals surface area (Å²) in [5, 5.41) is 11.5. The average molecular weight is 289 g/mol. The molecule has 0 aliphatic rings. The van der Waals surface area contributed by atoms with Crippen LogP contribution in [0.25, 0.3) is 0 Å². The molecule has 0 spiro atoms. The summed E-state index contributed by atoms with van der Waals surface area (Å²) in [5.74, 6) is 0.0678. The van der Waals surface area contributed by atoms with E-state index < -0.39 is 0 Å². The number of aryl methyl sites for hydroxylation is 5. The Balaban J connectivity index is 1.63. The van der Waals surface area contributed by atoms with E-state index in [-0.39, 0.29) is 5.91 Å². The molecule has 1 N–H and O–H groups in total. The van der Waals surface area contributed by atoms with Crippen molar-refractivity contribution < 1.29 is 4.79 Å². The van der Waals surface area contributed by atoms with Crippen LogP contribution in [0.1, 0.15) is 29.9 Å². The van der Waals surface area contributed by atoms with Gasteiger partial charge in [-0.2, -0.15) is 10.2 Å². The van der Waals surface area contributed by atoms with Gasteiger partial charge < -0.3 is 5.32 Å². The first-order chi connectivity index (χ1) is 10.1. The Hall–Kier alpha value is -2.11. The molecule has 21 heavy (non-hydrogen) atoms. The Labute approximate surface area is 125 Å². The van der Waals surface area contributed by atoms with Crippen molar-refractivity contribution in [1.29, 1.82) is 0 Å². The predicted molar refractivity (Wildman–Crippen MR) is 80.9 cm³/mol. The fourth-order valence-electron chi connectivity index (χ4n) is 2.29. The van der Waals surface area contributed by atoms with Gasteiger partial charge in [0, 0.05) is 43.6 Å². The molecule has 1 amide bonds. The highest BCUT2D eigenvalue weighted by atomic mass is 16.1. The van der Waals surface area contributed by atoms with Crippen molar-refractivity contribution in [2.24, 2.45) is 0 Å². The second-order valence-corrected chi connectivity index (χ2v) is 5.30. The minimum absolute atomic E-state index is 0.0678. The Kier molecular flexibility index (Phi) is 5.14. The van der Waals surface area contributed by atoms with E-state index in [2.05, 4.69) is 21.6 Å². The maximum absolute atomic E-state index is 11.8. The Morgan fingerprint density at radius 2 is 2.00 bits per heavy atom. The maximum atomic E-state index is 11.8. The number of rotatable bonds is 7. The van der Waals surface area contributed by atoms with Gasteiger partial charge in [-0.1, -0.05) is 0 Å². The van der Waals surface area contributed by atoms with Gasteiger partial charge in [-0.15, -0.1) is 0 Å². The standard InChI is InChI=1S/C15H23N5O/c1-12-11-14(3)20(18-12)9-4-7-16-15(21)6-10-19-13(2)5-8-17-19/h5,8,11H,4,6-7,9-10H2,1-3H3,(H,16,21). The summed E-state index contributed by atoms with van der Waals surface area (Å²) in [4.78, 5) is 11.8. The van der Waals surface area contributed by atoms with Crippen LogP contribution < -0.4 is 5.32 Å². The summed E-state index contributed by atoms with van der Waals surface area (Å²) in [6.45, 7) is 8.16. The molecule has 0 aliphatic carbocycles. The average Bonchev–Trinajstić information content (AvgIpc) is 2.98. The van der Waals surface area contributed by atoms with Crippen molar-refractivity contribution in [2.45, 2.75) is 46.7 Å². The first-order valence-corrected chi connectivity index (χ1v) is 7.32. The summed E-state index contributed by atoms with van der Waals surface area (Å²) in [6.07, 6.45) is 3.10. The maximum Gasteiger partial charge on any atom is 0.221 e. The molecule has 6 heteroatoms. The molecule has 114 valence electrons. The molecular formula is C15H23N5O.